The van der Waals surface area contributed by atoms with Gasteiger partial charge in [0.1, 0.15) is 0 Å². The SMILES string of the molecule is C=CC(=O)Nc1cc(/C=C/C(=O)Nc2cccc(-c3n[nH]c4c3CC(C)(C)CC4)c2)cc(-c2n[nH]c3c2COCC3)c1. The van der Waals surface area contributed by atoms with Crippen LogP contribution in [0.2, 0.25) is 0 Å². The third kappa shape index (κ3) is 5.82. The molecule has 1 aliphatic carbocycles. The Kier molecular flexibility index (Phi) is 7.34. The number of rotatable bonds is 7. The lowest BCUT2D eigenvalue weighted by Gasteiger charge is -2.29. The van der Waals surface area contributed by atoms with Gasteiger partial charge in [-0.3, -0.25) is 19.8 Å². The van der Waals surface area contributed by atoms with Gasteiger partial charge in [-0.1, -0.05) is 32.6 Å². The number of aromatic nitrogens is 4. The Balaban J connectivity index is 1.23. The van der Waals surface area contributed by atoms with Crippen LogP contribution in [0.4, 0.5) is 11.4 Å². The van der Waals surface area contributed by atoms with Crippen LogP contribution in [0.3, 0.4) is 0 Å². The molecule has 4 N–H and O–H groups in total. The minimum atomic E-state index is -0.325. The van der Waals surface area contributed by atoms with E-state index in [0.29, 0.717) is 24.6 Å². The van der Waals surface area contributed by atoms with Gasteiger partial charge in [0.05, 0.1) is 24.6 Å². The molecule has 0 saturated carbocycles. The van der Waals surface area contributed by atoms with Crippen molar-refractivity contribution in [1.82, 2.24) is 20.4 Å². The number of anilines is 2. The third-order valence-corrected chi connectivity index (χ3v) is 7.87. The quantitative estimate of drug-likeness (QED) is 0.211. The Labute approximate surface area is 244 Å². The second-order valence-electron chi connectivity index (χ2n) is 11.6. The van der Waals surface area contributed by atoms with Crippen LogP contribution in [0.5, 0.6) is 0 Å². The molecule has 9 heteroatoms. The molecule has 6 rings (SSSR count). The smallest absolute Gasteiger partial charge is 0.248 e. The van der Waals surface area contributed by atoms with E-state index in [-0.39, 0.29) is 17.2 Å². The lowest BCUT2D eigenvalue weighted by Crippen LogP contribution is -2.21. The fourth-order valence-corrected chi connectivity index (χ4v) is 5.67. The zero-order valence-electron chi connectivity index (χ0n) is 23.8. The van der Waals surface area contributed by atoms with Gasteiger partial charge < -0.3 is 15.4 Å². The molecule has 2 aromatic carbocycles. The van der Waals surface area contributed by atoms with Gasteiger partial charge in [-0.25, -0.2) is 0 Å². The molecule has 42 heavy (non-hydrogen) atoms. The first-order valence-corrected chi connectivity index (χ1v) is 14.2. The van der Waals surface area contributed by atoms with Gasteiger partial charge in [0.25, 0.3) is 0 Å². The Morgan fingerprint density at radius 1 is 0.929 bits per heavy atom. The normalized spacial score (nSPS) is 15.6. The van der Waals surface area contributed by atoms with Crippen LogP contribution >= 0.6 is 0 Å². The van der Waals surface area contributed by atoms with E-state index in [1.165, 1.54) is 23.4 Å². The van der Waals surface area contributed by atoms with E-state index in [1.54, 1.807) is 12.1 Å². The number of fused-ring (bicyclic) bond motifs is 2. The van der Waals surface area contributed by atoms with E-state index in [0.717, 1.165) is 65.0 Å². The minimum Gasteiger partial charge on any atom is -0.376 e. The number of aromatic amines is 2. The molecule has 2 aliphatic rings. The van der Waals surface area contributed by atoms with Crippen LogP contribution in [0.15, 0.2) is 61.2 Å². The summed E-state index contributed by atoms with van der Waals surface area (Å²) in [6, 6.07) is 13.3. The van der Waals surface area contributed by atoms with Crippen molar-refractivity contribution in [3.8, 4) is 22.5 Å². The molecule has 9 nitrogen and oxygen atoms in total. The zero-order valence-corrected chi connectivity index (χ0v) is 23.8. The number of H-pyrrole nitrogens is 2. The topological polar surface area (TPSA) is 125 Å². The number of amides is 2. The zero-order chi connectivity index (χ0) is 29.3. The highest BCUT2D eigenvalue weighted by atomic mass is 16.5. The van der Waals surface area contributed by atoms with E-state index in [4.69, 9.17) is 4.74 Å². The summed E-state index contributed by atoms with van der Waals surface area (Å²) in [4.78, 5) is 25.0. The van der Waals surface area contributed by atoms with Gasteiger partial charge in [-0.05, 0) is 72.7 Å². The molecule has 2 amide bonds. The van der Waals surface area contributed by atoms with E-state index in [2.05, 4.69) is 51.5 Å². The van der Waals surface area contributed by atoms with Gasteiger partial charge >= 0.3 is 0 Å². The number of carbonyl (C=O) groups is 2. The molecule has 0 unspecified atom stereocenters. The molecule has 2 aromatic heterocycles. The first-order chi connectivity index (χ1) is 20.3. The van der Waals surface area contributed by atoms with Gasteiger partial charge in [-0.15, -0.1) is 0 Å². The molecule has 1 aliphatic heterocycles. The highest BCUT2D eigenvalue weighted by Gasteiger charge is 2.29. The van der Waals surface area contributed by atoms with Crippen molar-refractivity contribution in [2.45, 2.75) is 46.1 Å². The van der Waals surface area contributed by atoms with Gasteiger partial charge in [-0.2, -0.15) is 10.2 Å². The lowest BCUT2D eigenvalue weighted by atomic mass is 9.75. The average molecular weight is 563 g/mol. The number of nitrogens with one attached hydrogen (secondary N) is 4. The first-order valence-electron chi connectivity index (χ1n) is 14.2. The summed E-state index contributed by atoms with van der Waals surface area (Å²) in [5.74, 6) is -0.598. The lowest BCUT2D eigenvalue weighted by molar-refractivity contribution is -0.112. The molecular formula is C33H34N6O3. The van der Waals surface area contributed by atoms with Crippen LogP contribution in [0, 0.1) is 5.41 Å². The van der Waals surface area contributed by atoms with E-state index in [9.17, 15) is 9.59 Å². The van der Waals surface area contributed by atoms with Crippen LogP contribution in [0.25, 0.3) is 28.6 Å². The summed E-state index contributed by atoms with van der Waals surface area (Å²) in [6.45, 7) is 9.24. The number of hydrogen-bond acceptors (Lipinski definition) is 5. The number of nitrogens with zero attached hydrogens (tertiary/aromatic N) is 2. The Bertz CT molecular complexity index is 1710. The van der Waals surface area contributed by atoms with Crippen LogP contribution in [-0.4, -0.2) is 38.8 Å². The molecule has 3 heterocycles. The highest BCUT2D eigenvalue weighted by molar-refractivity contribution is 6.03. The fraction of sp³-hybridized carbons (Fsp3) is 0.273. The molecule has 0 bridgehead atoms. The number of hydrogen-bond donors (Lipinski definition) is 4. The highest BCUT2D eigenvalue weighted by Crippen LogP contribution is 2.38. The van der Waals surface area contributed by atoms with Crippen molar-refractivity contribution in [3.05, 3.63) is 89.3 Å². The maximum atomic E-state index is 13.0. The maximum Gasteiger partial charge on any atom is 0.248 e. The molecule has 0 fully saturated rings. The molecule has 0 saturated heterocycles. The molecule has 0 spiro atoms. The van der Waals surface area contributed by atoms with E-state index >= 15 is 0 Å². The van der Waals surface area contributed by atoms with Gasteiger partial charge in [0, 0.05) is 57.5 Å². The monoisotopic (exact) mass is 562 g/mol. The molecule has 0 radical (unpaired) electrons. The van der Waals surface area contributed by atoms with Crippen molar-refractivity contribution >= 4 is 29.3 Å². The summed E-state index contributed by atoms with van der Waals surface area (Å²) in [5.41, 5.74) is 10.2. The van der Waals surface area contributed by atoms with Crippen molar-refractivity contribution in [2.24, 2.45) is 5.41 Å². The number of carbonyl (C=O) groups excluding carboxylic acids is 2. The van der Waals surface area contributed by atoms with Crippen molar-refractivity contribution < 1.29 is 14.3 Å². The third-order valence-electron chi connectivity index (χ3n) is 7.87. The van der Waals surface area contributed by atoms with Crippen LogP contribution < -0.4 is 10.6 Å². The molecule has 214 valence electrons. The van der Waals surface area contributed by atoms with E-state index in [1.807, 2.05) is 36.4 Å². The Hall–Kier alpha value is -4.76. The molecule has 4 aromatic rings. The number of ether oxygens (including phenoxy) is 1. The Morgan fingerprint density at radius 3 is 2.48 bits per heavy atom. The largest absolute Gasteiger partial charge is 0.376 e. The van der Waals surface area contributed by atoms with Crippen LogP contribution in [0.1, 0.15) is 48.3 Å². The second kappa shape index (κ2) is 11.3. The maximum absolute atomic E-state index is 13.0. The van der Waals surface area contributed by atoms with Crippen LogP contribution in [-0.2, 0) is 40.2 Å². The predicted octanol–water partition coefficient (Wildman–Crippen LogP) is 5.83. The number of benzene rings is 2. The summed E-state index contributed by atoms with van der Waals surface area (Å²) < 4.78 is 5.65. The molecular weight excluding hydrogens is 528 g/mol. The van der Waals surface area contributed by atoms with Crippen molar-refractivity contribution in [2.75, 3.05) is 17.2 Å². The number of aryl methyl sites for hydroxylation is 1. The average Bonchev–Trinajstić information content (AvgIpc) is 3.59. The van der Waals surface area contributed by atoms with Crippen molar-refractivity contribution in [1.29, 1.82) is 0 Å². The summed E-state index contributed by atoms with van der Waals surface area (Å²) in [6.07, 6.45) is 8.27. The first kappa shape index (κ1) is 27.4. The summed E-state index contributed by atoms with van der Waals surface area (Å²) >= 11 is 0. The summed E-state index contributed by atoms with van der Waals surface area (Å²) in [7, 11) is 0. The predicted molar refractivity (Wildman–Crippen MR) is 164 cm³/mol. The fourth-order valence-electron chi connectivity index (χ4n) is 5.67. The minimum absolute atomic E-state index is 0.234. The van der Waals surface area contributed by atoms with E-state index < -0.39 is 0 Å². The summed E-state index contributed by atoms with van der Waals surface area (Å²) in [5, 5.41) is 21.2. The molecule has 0 atom stereocenters. The standard InChI is InChI=1S/C33H34N6O3/c1-4-29(40)35-24-15-20(14-22(17-24)32-26-19-42-13-11-28(26)37-39-32)8-9-30(41)34-23-7-5-6-21(16-23)31-25-18-33(2,3)12-10-27(25)36-38-31/h4-9,14-17H,1,10-13,18-19H2,2-3H3,(H,34,41)(H,35,40)(H,36,38)(H,37,39)/b9-8+. The van der Waals surface area contributed by atoms with Crippen molar-refractivity contribution in [3.63, 3.8) is 0 Å². The Morgan fingerprint density at radius 2 is 1.67 bits per heavy atom. The van der Waals surface area contributed by atoms with Gasteiger partial charge in [0.2, 0.25) is 11.8 Å². The van der Waals surface area contributed by atoms with Gasteiger partial charge in [0.15, 0.2) is 0 Å². The second-order valence-corrected chi connectivity index (χ2v) is 11.6.